The molecule has 3 rings (SSSR count). The Kier molecular flexibility index (Phi) is 0.885. The van der Waals surface area contributed by atoms with Crippen LogP contribution in [0, 0.1) is 17.3 Å². The van der Waals surface area contributed by atoms with E-state index >= 15 is 0 Å². The first-order chi connectivity index (χ1) is 5.52. The van der Waals surface area contributed by atoms with Crippen molar-refractivity contribution in [3.63, 3.8) is 0 Å². The van der Waals surface area contributed by atoms with Gasteiger partial charge in [0.2, 0.25) is 0 Å². The van der Waals surface area contributed by atoms with Crippen molar-refractivity contribution in [3.8, 4) is 0 Å². The highest BCUT2D eigenvalue weighted by Gasteiger charge is 2.88. The number of Topliss-reactive ketones (excluding diaryl/α,β-unsaturated/α-hetero) is 1. The minimum Gasteiger partial charge on any atom is -0.364 e. The summed E-state index contributed by atoms with van der Waals surface area (Å²) in [7, 11) is 0. The highest BCUT2D eigenvalue weighted by molar-refractivity contribution is 5.85. The first kappa shape index (κ1) is 7.07. The van der Waals surface area contributed by atoms with Crippen LogP contribution in [0.4, 0.5) is 0 Å². The van der Waals surface area contributed by atoms with E-state index in [1.807, 2.05) is 6.92 Å². The Morgan fingerprint density at radius 1 is 1.50 bits per heavy atom. The van der Waals surface area contributed by atoms with Crippen molar-refractivity contribution in [1.82, 2.24) is 0 Å². The van der Waals surface area contributed by atoms with Crippen LogP contribution < -0.4 is 0 Å². The fourth-order valence-electron chi connectivity index (χ4n) is 3.27. The fraction of sp³-hybridized carbons (Fsp3) is 0.900. The van der Waals surface area contributed by atoms with Gasteiger partial charge in [0, 0.05) is 23.7 Å². The lowest BCUT2D eigenvalue weighted by molar-refractivity contribution is -0.123. The van der Waals surface area contributed by atoms with Crippen LogP contribution in [-0.4, -0.2) is 17.5 Å². The van der Waals surface area contributed by atoms with E-state index in [2.05, 4.69) is 13.8 Å². The maximum atomic E-state index is 11.5. The first-order valence-electron chi connectivity index (χ1n) is 4.72. The summed E-state index contributed by atoms with van der Waals surface area (Å²) in [4.78, 5) is 11.5. The zero-order valence-corrected chi connectivity index (χ0v) is 7.76. The molecule has 0 bridgehead atoms. The minimum atomic E-state index is 0.139. The van der Waals surface area contributed by atoms with Gasteiger partial charge in [0.15, 0.2) is 0 Å². The molecule has 0 aromatic rings. The van der Waals surface area contributed by atoms with Gasteiger partial charge in [0.25, 0.3) is 0 Å². The van der Waals surface area contributed by atoms with Gasteiger partial charge in [-0.1, -0.05) is 20.8 Å². The lowest BCUT2D eigenvalue weighted by Gasteiger charge is -2.09. The molecule has 3 fully saturated rings. The van der Waals surface area contributed by atoms with E-state index in [-0.39, 0.29) is 23.0 Å². The van der Waals surface area contributed by atoms with Crippen molar-refractivity contribution in [1.29, 1.82) is 0 Å². The van der Waals surface area contributed by atoms with Crippen LogP contribution in [-0.2, 0) is 9.53 Å². The molecule has 2 nitrogen and oxygen atoms in total. The monoisotopic (exact) mass is 166 g/mol. The molecule has 1 spiro atoms. The van der Waals surface area contributed by atoms with E-state index in [0.29, 0.717) is 11.7 Å². The SMILES string of the molecule is CC1C(=O)CC2C(C)(C)C23OC13. The summed E-state index contributed by atoms with van der Waals surface area (Å²) in [5.74, 6) is 1.09. The first-order valence-corrected chi connectivity index (χ1v) is 4.72. The van der Waals surface area contributed by atoms with E-state index in [1.54, 1.807) is 0 Å². The van der Waals surface area contributed by atoms with Crippen molar-refractivity contribution < 1.29 is 9.53 Å². The van der Waals surface area contributed by atoms with Crippen molar-refractivity contribution >= 4 is 5.78 Å². The third-order valence-corrected chi connectivity index (χ3v) is 4.37. The summed E-state index contributed by atoms with van der Waals surface area (Å²) < 4.78 is 5.72. The van der Waals surface area contributed by atoms with Gasteiger partial charge in [-0.3, -0.25) is 4.79 Å². The predicted molar refractivity (Wildman–Crippen MR) is 43.7 cm³/mol. The number of ether oxygens (including phenoxy) is 1. The Balaban J connectivity index is 1.99. The number of carbonyl (C=O) groups is 1. The van der Waals surface area contributed by atoms with Crippen LogP contribution in [0.2, 0.25) is 0 Å². The molecule has 4 atom stereocenters. The summed E-state index contributed by atoms with van der Waals surface area (Å²) in [5, 5.41) is 0. The number of hydrogen-bond acceptors (Lipinski definition) is 2. The van der Waals surface area contributed by atoms with Gasteiger partial charge in [-0.25, -0.2) is 0 Å². The second kappa shape index (κ2) is 1.50. The molecule has 2 heteroatoms. The second-order valence-electron chi connectivity index (χ2n) is 5.06. The summed E-state index contributed by atoms with van der Waals surface area (Å²) >= 11 is 0. The van der Waals surface area contributed by atoms with Crippen LogP contribution in [0.5, 0.6) is 0 Å². The average molecular weight is 166 g/mol. The molecule has 2 saturated carbocycles. The van der Waals surface area contributed by atoms with Gasteiger partial charge >= 0.3 is 0 Å². The Morgan fingerprint density at radius 2 is 2.17 bits per heavy atom. The van der Waals surface area contributed by atoms with Crippen LogP contribution in [0.25, 0.3) is 0 Å². The summed E-state index contributed by atoms with van der Waals surface area (Å²) in [6.45, 7) is 6.46. The molecule has 0 N–H and O–H groups in total. The van der Waals surface area contributed by atoms with Gasteiger partial charge in [-0.2, -0.15) is 0 Å². The zero-order chi connectivity index (χ0) is 8.72. The van der Waals surface area contributed by atoms with Gasteiger partial charge in [0.1, 0.15) is 11.4 Å². The van der Waals surface area contributed by atoms with Gasteiger partial charge < -0.3 is 4.74 Å². The molecule has 1 heterocycles. The van der Waals surface area contributed by atoms with Crippen LogP contribution in [0.15, 0.2) is 0 Å². The Hall–Kier alpha value is -0.370. The molecule has 0 radical (unpaired) electrons. The lowest BCUT2D eigenvalue weighted by atomic mass is 9.90. The molecule has 1 aliphatic heterocycles. The highest BCUT2D eigenvalue weighted by atomic mass is 16.6. The molecule has 1 saturated heterocycles. The molecule has 3 aliphatic rings. The average Bonchev–Trinajstić information content (AvgIpc) is 2.80. The van der Waals surface area contributed by atoms with Crippen molar-refractivity contribution in [2.75, 3.05) is 0 Å². The highest BCUT2D eigenvalue weighted by Crippen LogP contribution is 2.79. The van der Waals surface area contributed by atoms with Gasteiger partial charge in [0.05, 0.1) is 6.10 Å². The topological polar surface area (TPSA) is 29.6 Å². The standard InChI is InChI=1S/C10H14O2/c1-5-6(11)4-7-9(2,3)10(7)8(5)12-10/h5,7-8H,4H2,1-3H3. The van der Waals surface area contributed by atoms with Gasteiger partial charge in [-0.15, -0.1) is 0 Å². The van der Waals surface area contributed by atoms with Crippen LogP contribution in [0.1, 0.15) is 27.2 Å². The van der Waals surface area contributed by atoms with Crippen molar-refractivity contribution in [2.45, 2.75) is 38.9 Å². The number of carbonyl (C=O) groups excluding carboxylic acids is 1. The number of ketones is 1. The van der Waals surface area contributed by atoms with E-state index in [1.165, 1.54) is 0 Å². The number of hydrogen-bond donors (Lipinski definition) is 0. The largest absolute Gasteiger partial charge is 0.364 e. The molecular formula is C10H14O2. The Labute approximate surface area is 72.3 Å². The van der Waals surface area contributed by atoms with Crippen molar-refractivity contribution in [3.05, 3.63) is 0 Å². The Bertz CT molecular complexity index is 282. The van der Waals surface area contributed by atoms with E-state index < -0.39 is 0 Å². The molecule has 0 amide bonds. The molecular weight excluding hydrogens is 152 g/mol. The molecule has 0 aromatic carbocycles. The quantitative estimate of drug-likeness (QED) is 0.509. The molecule has 2 aliphatic carbocycles. The van der Waals surface area contributed by atoms with E-state index in [4.69, 9.17) is 4.74 Å². The molecule has 12 heavy (non-hydrogen) atoms. The predicted octanol–water partition coefficient (Wildman–Crippen LogP) is 1.39. The Morgan fingerprint density at radius 3 is 2.83 bits per heavy atom. The van der Waals surface area contributed by atoms with E-state index in [0.717, 1.165) is 6.42 Å². The maximum Gasteiger partial charge on any atom is 0.138 e. The smallest absolute Gasteiger partial charge is 0.138 e. The van der Waals surface area contributed by atoms with Crippen molar-refractivity contribution in [2.24, 2.45) is 17.3 Å². The van der Waals surface area contributed by atoms with E-state index in [9.17, 15) is 4.79 Å². The summed E-state index contributed by atoms with van der Waals surface area (Å²) in [6, 6.07) is 0. The third kappa shape index (κ3) is 0.457. The molecule has 4 unspecified atom stereocenters. The molecule has 66 valence electrons. The zero-order valence-electron chi connectivity index (χ0n) is 7.76. The second-order valence-corrected chi connectivity index (χ2v) is 5.06. The number of rotatable bonds is 0. The van der Waals surface area contributed by atoms with Crippen LogP contribution >= 0.6 is 0 Å². The fourth-order valence-corrected chi connectivity index (χ4v) is 3.27. The number of epoxide rings is 1. The molecule has 0 aromatic heterocycles. The summed E-state index contributed by atoms with van der Waals surface area (Å²) in [5.41, 5.74) is 0.415. The normalized spacial score (nSPS) is 58.9. The summed E-state index contributed by atoms with van der Waals surface area (Å²) in [6.07, 6.45) is 1.02. The third-order valence-electron chi connectivity index (χ3n) is 4.37. The van der Waals surface area contributed by atoms with Crippen LogP contribution in [0.3, 0.4) is 0 Å². The maximum absolute atomic E-state index is 11.5. The lowest BCUT2D eigenvalue weighted by Crippen LogP contribution is -2.24. The minimum absolute atomic E-state index is 0.139. The van der Waals surface area contributed by atoms with Gasteiger partial charge in [-0.05, 0) is 0 Å².